The highest BCUT2D eigenvalue weighted by Crippen LogP contribution is 2.10. The third kappa shape index (κ3) is 4.93. The van der Waals surface area contributed by atoms with Crippen molar-refractivity contribution in [2.24, 2.45) is 0 Å². The zero-order valence-corrected chi connectivity index (χ0v) is 11.6. The monoisotopic (exact) mass is 307 g/mol. The Labute approximate surface area is 125 Å². The third-order valence-electron chi connectivity index (χ3n) is 2.57. The minimum atomic E-state index is -0.595. The van der Waals surface area contributed by atoms with E-state index in [1.54, 1.807) is 6.07 Å². The van der Waals surface area contributed by atoms with Crippen LogP contribution in [-0.2, 0) is 9.53 Å². The van der Waals surface area contributed by atoms with Crippen LogP contribution in [0.25, 0.3) is 0 Å². The van der Waals surface area contributed by atoms with Gasteiger partial charge in [-0.2, -0.15) is 0 Å². The van der Waals surface area contributed by atoms with Crippen LogP contribution < -0.4 is 10.1 Å². The molecule has 0 fully saturated rings. The van der Waals surface area contributed by atoms with Crippen molar-refractivity contribution < 1.29 is 27.9 Å². The molecule has 116 valence electrons. The van der Waals surface area contributed by atoms with E-state index in [9.17, 15) is 14.0 Å². The van der Waals surface area contributed by atoms with Crippen molar-refractivity contribution in [3.05, 3.63) is 54.2 Å². The number of halogens is 1. The number of amides is 1. The molecule has 0 radical (unpaired) electrons. The van der Waals surface area contributed by atoms with Crippen molar-refractivity contribution >= 4 is 11.9 Å². The number of nitrogens with one attached hydrogen (secondary N) is 1. The smallest absolute Gasteiger partial charge is 0.325 e. The van der Waals surface area contributed by atoms with Gasteiger partial charge in [0.1, 0.15) is 31.3 Å². The summed E-state index contributed by atoms with van der Waals surface area (Å²) in [6.07, 6.45) is 1.36. The molecule has 7 heteroatoms. The number of esters is 1. The summed E-state index contributed by atoms with van der Waals surface area (Å²) in [5, 5.41) is 2.36. The fraction of sp³-hybridized carbons (Fsp3) is 0.200. The number of hydrogen-bond acceptors (Lipinski definition) is 5. The highest BCUT2D eigenvalue weighted by Gasteiger charge is 2.10. The maximum Gasteiger partial charge on any atom is 0.325 e. The minimum absolute atomic E-state index is 0.0207. The SMILES string of the molecule is O=C(CNC(=O)c1ccco1)OCCOc1ccc(F)cc1. The molecule has 0 aliphatic heterocycles. The van der Waals surface area contributed by atoms with Gasteiger partial charge in [0.15, 0.2) is 5.76 Å². The number of rotatable bonds is 7. The molecule has 0 saturated carbocycles. The first-order chi connectivity index (χ1) is 10.6. The molecule has 0 spiro atoms. The lowest BCUT2D eigenvalue weighted by molar-refractivity contribution is -0.143. The second-order valence-electron chi connectivity index (χ2n) is 4.18. The summed E-state index contributed by atoms with van der Waals surface area (Å²) in [4.78, 5) is 22.9. The third-order valence-corrected chi connectivity index (χ3v) is 2.57. The highest BCUT2D eigenvalue weighted by atomic mass is 19.1. The largest absolute Gasteiger partial charge is 0.490 e. The quantitative estimate of drug-likeness (QED) is 0.623. The Balaban J connectivity index is 1.59. The Hall–Kier alpha value is -2.83. The van der Waals surface area contributed by atoms with E-state index >= 15 is 0 Å². The van der Waals surface area contributed by atoms with Gasteiger partial charge in [0.05, 0.1) is 6.26 Å². The molecule has 6 nitrogen and oxygen atoms in total. The molecule has 1 amide bonds. The molecule has 0 saturated heterocycles. The van der Waals surface area contributed by atoms with E-state index in [-0.39, 0.29) is 31.3 Å². The van der Waals surface area contributed by atoms with E-state index in [1.165, 1.54) is 36.6 Å². The molecule has 0 bridgehead atoms. The summed E-state index contributed by atoms with van der Waals surface area (Å²) >= 11 is 0. The lowest BCUT2D eigenvalue weighted by Crippen LogP contribution is -2.31. The van der Waals surface area contributed by atoms with Gasteiger partial charge in [0, 0.05) is 0 Å². The van der Waals surface area contributed by atoms with Crippen molar-refractivity contribution in [2.45, 2.75) is 0 Å². The molecule has 2 rings (SSSR count). The first kappa shape index (κ1) is 15.6. The van der Waals surface area contributed by atoms with E-state index in [1.807, 2.05) is 0 Å². The second-order valence-corrected chi connectivity index (χ2v) is 4.18. The van der Waals surface area contributed by atoms with Crippen LogP contribution in [0.2, 0.25) is 0 Å². The van der Waals surface area contributed by atoms with E-state index in [4.69, 9.17) is 13.9 Å². The Morgan fingerprint density at radius 3 is 2.59 bits per heavy atom. The van der Waals surface area contributed by atoms with Gasteiger partial charge in [-0.05, 0) is 36.4 Å². The Bertz CT molecular complexity index is 609. The predicted octanol–water partition coefficient (Wildman–Crippen LogP) is 1.77. The molecule has 0 aliphatic rings. The van der Waals surface area contributed by atoms with Crippen molar-refractivity contribution in [2.75, 3.05) is 19.8 Å². The number of carbonyl (C=O) groups is 2. The molecule has 0 atom stereocenters. The molecule has 1 aromatic carbocycles. The first-order valence-corrected chi connectivity index (χ1v) is 6.51. The van der Waals surface area contributed by atoms with Gasteiger partial charge in [-0.1, -0.05) is 0 Å². The van der Waals surface area contributed by atoms with E-state index in [0.717, 1.165) is 0 Å². The number of carbonyl (C=O) groups excluding carboxylic acids is 2. The van der Waals surface area contributed by atoms with Crippen LogP contribution in [0.15, 0.2) is 47.1 Å². The number of benzene rings is 1. The molecule has 22 heavy (non-hydrogen) atoms. The van der Waals surface area contributed by atoms with Crippen molar-refractivity contribution in [1.82, 2.24) is 5.32 Å². The van der Waals surface area contributed by atoms with E-state index in [2.05, 4.69) is 5.32 Å². The Kier molecular flexibility index (Phi) is 5.53. The van der Waals surface area contributed by atoms with Crippen molar-refractivity contribution in [3.63, 3.8) is 0 Å². The van der Waals surface area contributed by atoms with Gasteiger partial charge in [-0.25, -0.2) is 4.39 Å². The lowest BCUT2D eigenvalue weighted by Gasteiger charge is -2.07. The molecule has 0 unspecified atom stereocenters. The van der Waals surface area contributed by atoms with Gasteiger partial charge in [0.25, 0.3) is 5.91 Å². The summed E-state index contributed by atoms with van der Waals surface area (Å²) in [7, 11) is 0. The van der Waals surface area contributed by atoms with Gasteiger partial charge in [-0.3, -0.25) is 9.59 Å². The van der Waals surface area contributed by atoms with Crippen LogP contribution in [0.5, 0.6) is 5.75 Å². The zero-order chi connectivity index (χ0) is 15.8. The average Bonchev–Trinajstić information content (AvgIpc) is 3.05. The van der Waals surface area contributed by atoms with Crippen LogP contribution in [0, 0.1) is 5.82 Å². The molecule has 1 heterocycles. The van der Waals surface area contributed by atoms with Crippen molar-refractivity contribution in [3.8, 4) is 5.75 Å². The standard InChI is InChI=1S/C15H14FNO5/c16-11-3-5-12(6-4-11)20-8-9-22-14(18)10-17-15(19)13-2-1-7-21-13/h1-7H,8-10H2,(H,17,19). The van der Waals surface area contributed by atoms with Crippen LogP contribution in [0.1, 0.15) is 10.6 Å². The summed E-state index contributed by atoms with van der Waals surface area (Å²) < 4.78 is 27.7. The normalized spacial score (nSPS) is 10.0. The molecule has 1 N–H and O–H groups in total. The zero-order valence-electron chi connectivity index (χ0n) is 11.6. The lowest BCUT2D eigenvalue weighted by atomic mass is 10.3. The maximum absolute atomic E-state index is 12.7. The van der Waals surface area contributed by atoms with Gasteiger partial charge < -0.3 is 19.2 Å². The van der Waals surface area contributed by atoms with E-state index in [0.29, 0.717) is 5.75 Å². The molecule has 2 aromatic rings. The molecule has 0 aliphatic carbocycles. The van der Waals surface area contributed by atoms with Crippen LogP contribution in [0.3, 0.4) is 0 Å². The van der Waals surface area contributed by atoms with E-state index < -0.39 is 11.9 Å². The summed E-state index contributed by atoms with van der Waals surface area (Å²) in [6, 6.07) is 8.54. The molecule has 1 aromatic heterocycles. The number of hydrogen-bond donors (Lipinski definition) is 1. The first-order valence-electron chi connectivity index (χ1n) is 6.51. The molecular weight excluding hydrogens is 293 g/mol. The van der Waals surface area contributed by atoms with Gasteiger partial charge in [-0.15, -0.1) is 0 Å². The number of ether oxygens (including phenoxy) is 2. The number of furan rings is 1. The second kappa shape index (κ2) is 7.82. The summed E-state index contributed by atoms with van der Waals surface area (Å²) in [5.41, 5.74) is 0. The topological polar surface area (TPSA) is 77.8 Å². The van der Waals surface area contributed by atoms with Crippen LogP contribution in [-0.4, -0.2) is 31.6 Å². The summed E-state index contributed by atoms with van der Waals surface area (Å²) in [5.74, 6) is -0.853. The van der Waals surface area contributed by atoms with Gasteiger partial charge >= 0.3 is 5.97 Å². The predicted molar refractivity (Wildman–Crippen MR) is 73.9 cm³/mol. The van der Waals surface area contributed by atoms with Crippen molar-refractivity contribution in [1.29, 1.82) is 0 Å². The van der Waals surface area contributed by atoms with Gasteiger partial charge in [0.2, 0.25) is 0 Å². The minimum Gasteiger partial charge on any atom is -0.490 e. The maximum atomic E-state index is 12.7. The van der Waals surface area contributed by atoms with Crippen LogP contribution >= 0.6 is 0 Å². The fourth-order valence-electron chi connectivity index (χ4n) is 1.54. The Morgan fingerprint density at radius 1 is 1.14 bits per heavy atom. The Morgan fingerprint density at radius 2 is 1.91 bits per heavy atom. The molecular formula is C15H14FNO5. The highest BCUT2D eigenvalue weighted by molar-refractivity contribution is 5.93. The fourth-order valence-corrected chi connectivity index (χ4v) is 1.54. The van der Waals surface area contributed by atoms with Crippen LogP contribution in [0.4, 0.5) is 4.39 Å². The summed E-state index contributed by atoms with van der Waals surface area (Å²) in [6.45, 7) is -0.119. The average molecular weight is 307 g/mol.